The molecule has 0 nitrogen and oxygen atoms in total. The zero-order valence-corrected chi connectivity index (χ0v) is 8.80. The van der Waals surface area contributed by atoms with Gasteiger partial charge >= 0.3 is 0 Å². The summed E-state index contributed by atoms with van der Waals surface area (Å²) in [5.41, 5.74) is 0. The molecule has 0 aliphatic rings. The number of hydrogen-bond acceptors (Lipinski definition) is 1. The summed E-state index contributed by atoms with van der Waals surface area (Å²) in [6.07, 6.45) is 0. The highest BCUT2D eigenvalue weighted by Crippen LogP contribution is 2.26. The molecule has 54 valence electrons. The molecular formula is C6H3Br2FS. The van der Waals surface area contributed by atoms with Gasteiger partial charge in [0.1, 0.15) is 0 Å². The Hall–Kier alpha value is 0.460. The van der Waals surface area contributed by atoms with Gasteiger partial charge in [-0.25, -0.2) is 4.39 Å². The number of halogens is 3. The predicted octanol–water partition coefficient (Wildman–Crippen LogP) is 3.64. The second-order valence-corrected chi connectivity index (χ2v) is 3.95. The Morgan fingerprint density at radius 2 is 1.60 bits per heavy atom. The van der Waals surface area contributed by atoms with E-state index in [2.05, 4.69) is 44.5 Å². The van der Waals surface area contributed by atoms with Crippen LogP contribution in [0.4, 0.5) is 4.39 Å². The molecule has 0 saturated heterocycles. The lowest BCUT2D eigenvalue weighted by molar-refractivity contribution is 0.613. The van der Waals surface area contributed by atoms with Gasteiger partial charge in [0.15, 0.2) is 5.82 Å². The maximum absolute atomic E-state index is 12.8. The summed E-state index contributed by atoms with van der Waals surface area (Å²) in [5.74, 6) is -0.294. The molecule has 1 aromatic rings. The third-order valence-corrected chi connectivity index (χ3v) is 2.38. The van der Waals surface area contributed by atoms with E-state index in [1.807, 2.05) is 0 Å². The predicted molar refractivity (Wildman–Crippen MR) is 49.1 cm³/mol. The summed E-state index contributed by atoms with van der Waals surface area (Å²) in [6, 6.07) is 3.20. The van der Waals surface area contributed by atoms with Gasteiger partial charge in [-0.2, -0.15) is 0 Å². The Kier molecular flexibility index (Phi) is 2.77. The van der Waals surface area contributed by atoms with E-state index in [-0.39, 0.29) is 5.82 Å². The van der Waals surface area contributed by atoms with Crippen LogP contribution in [-0.4, -0.2) is 0 Å². The minimum Gasteiger partial charge on any atom is -0.205 e. The van der Waals surface area contributed by atoms with Crippen LogP contribution in [0.25, 0.3) is 0 Å². The van der Waals surface area contributed by atoms with Crippen molar-refractivity contribution < 1.29 is 4.39 Å². The van der Waals surface area contributed by atoms with Gasteiger partial charge in [-0.05, 0) is 44.0 Å². The topological polar surface area (TPSA) is 0 Å². The number of thiol groups is 1. The minimum atomic E-state index is -0.294. The van der Waals surface area contributed by atoms with E-state index in [0.717, 1.165) is 4.90 Å². The Labute approximate surface area is 80.5 Å². The van der Waals surface area contributed by atoms with Gasteiger partial charge in [-0.15, -0.1) is 12.6 Å². The van der Waals surface area contributed by atoms with Gasteiger partial charge in [0.05, 0.1) is 8.95 Å². The van der Waals surface area contributed by atoms with E-state index in [4.69, 9.17) is 0 Å². The van der Waals surface area contributed by atoms with E-state index in [1.54, 1.807) is 12.1 Å². The van der Waals surface area contributed by atoms with Crippen molar-refractivity contribution in [3.8, 4) is 0 Å². The fourth-order valence-corrected chi connectivity index (χ4v) is 2.34. The number of benzene rings is 1. The van der Waals surface area contributed by atoms with Gasteiger partial charge in [0, 0.05) is 4.90 Å². The van der Waals surface area contributed by atoms with Crippen LogP contribution in [-0.2, 0) is 0 Å². The van der Waals surface area contributed by atoms with Gasteiger partial charge in [-0.3, -0.25) is 0 Å². The highest BCUT2D eigenvalue weighted by molar-refractivity contribution is 9.11. The van der Waals surface area contributed by atoms with Crippen LogP contribution in [0.1, 0.15) is 0 Å². The quantitative estimate of drug-likeness (QED) is 0.546. The van der Waals surface area contributed by atoms with Gasteiger partial charge in [0.25, 0.3) is 0 Å². The summed E-state index contributed by atoms with van der Waals surface area (Å²) in [6.45, 7) is 0. The van der Waals surface area contributed by atoms with Crippen molar-refractivity contribution in [3.63, 3.8) is 0 Å². The molecule has 0 atom stereocenters. The van der Waals surface area contributed by atoms with Crippen LogP contribution in [0, 0.1) is 5.82 Å². The molecule has 1 aromatic carbocycles. The van der Waals surface area contributed by atoms with Crippen LogP contribution < -0.4 is 0 Å². The standard InChI is InChI=1S/C6H3Br2FS/c7-4-1-3(10)2-5(8)6(4)9/h1-2,10H. The number of hydrogen-bond donors (Lipinski definition) is 1. The molecule has 0 radical (unpaired) electrons. The molecule has 0 heterocycles. The molecule has 0 fully saturated rings. The van der Waals surface area contributed by atoms with Crippen molar-refractivity contribution in [1.82, 2.24) is 0 Å². The van der Waals surface area contributed by atoms with Gasteiger partial charge in [0.2, 0.25) is 0 Å². The maximum atomic E-state index is 12.8. The van der Waals surface area contributed by atoms with E-state index < -0.39 is 0 Å². The highest BCUT2D eigenvalue weighted by Gasteiger charge is 2.03. The summed E-state index contributed by atoms with van der Waals surface area (Å²) in [7, 11) is 0. The Bertz CT molecular complexity index is 239. The Balaban J connectivity index is 3.31. The summed E-state index contributed by atoms with van der Waals surface area (Å²) in [5, 5.41) is 0. The molecule has 0 bridgehead atoms. The lowest BCUT2D eigenvalue weighted by Gasteiger charge is -1.97. The van der Waals surface area contributed by atoms with Crippen molar-refractivity contribution in [1.29, 1.82) is 0 Å². The van der Waals surface area contributed by atoms with Crippen molar-refractivity contribution in [2.24, 2.45) is 0 Å². The summed E-state index contributed by atoms with van der Waals surface area (Å²) < 4.78 is 13.6. The summed E-state index contributed by atoms with van der Waals surface area (Å²) in [4.78, 5) is 0.722. The number of rotatable bonds is 0. The SMILES string of the molecule is Fc1c(Br)cc(S)cc1Br. The average molecular weight is 286 g/mol. The Morgan fingerprint density at radius 3 is 2.00 bits per heavy atom. The molecule has 0 unspecified atom stereocenters. The van der Waals surface area contributed by atoms with Crippen LogP contribution >= 0.6 is 44.5 Å². The molecule has 0 aliphatic carbocycles. The van der Waals surface area contributed by atoms with Gasteiger partial charge < -0.3 is 0 Å². The molecule has 1 rings (SSSR count). The van der Waals surface area contributed by atoms with Crippen molar-refractivity contribution in [3.05, 3.63) is 26.9 Å². The molecule has 10 heavy (non-hydrogen) atoms. The van der Waals surface area contributed by atoms with E-state index in [1.165, 1.54) is 0 Å². The van der Waals surface area contributed by atoms with Crippen LogP contribution in [0.15, 0.2) is 26.0 Å². The van der Waals surface area contributed by atoms with E-state index in [0.29, 0.717) is 8.95 Å². The van der Waals surface area contributed by atoms with E-state index >= 15 is 0 Å². The Morgan fingerprint density at radius 1 is 1.20 bits per heavy atom. The van der Waals surface area contributed by atoms with Crippen molar-refractivity contribution in [2.75, 3.05) is 0 Å². The smallest absolute Gasteiger partial charge is 0.151 e. The first-order chi connectivity index (χ1) is 4.61. The molecule has 0 aromatic heterocycles. The molecule has 0 spiro atoms. The molecular weight excluding hydrogens is 283 g/mol. The average Bonchev–Trinajstić information content (AvgIpc) is 1.82. The first-order valence-corrected chi connectivity index (χ1v) is 4.48. The third-order valence-electron chi connectivity index (χ3n) is 0.969. The van der Waals surface area contributed by atoms with E-state index in [9.17, 15) is 4.39 Å². The lowest BCUT2D eigenvalue weighted by atomic mass is 10.3. The monoisotopic (exact) mass is 284 g/mol. The molecule has 0 amide bonds. The van der Waals surface area contributed by atoms with Crippen molar-refractivity contribution >= 4 is 44.5 Å². The highest BCUT2D eigenvalue weighted by atomic mass is 79.9. The largest absolute Gasteiger partial charge is 0.205 e. The van der Waals surface area contributed by atoms with Crippen LogP contribution in [0.5, 0.6) is 0 Å². The molecule has 0 saturated carbocycles. The second kappa shape index (κ2) is 3.24. The lowest BCUT2D eigenvalue weighted by Crippen LogP contribution is -1.79. The maximum Gasteiger partial charge on any atom is 0.151 e. The fraction of sp³-hybridized carbons (Fsp3) is 0. The molecule has 0 N–H and O–H groups in total. The zero-order valence-electron chi connectivity index (χ0n) is 4.74. The normalized spacial score (nSPS) is 10.0. The molecule has 4 heteroatoms. The van der Waals surface area contributed by atoms with Gasteiger partial charge in [-0.1, -0.05) is 0 Å². The fourth-order valence-electron chi connectivity index (χ4n) is 0.542. The third kappa shape index (κ3) is 1.74. The first-order valence-electron chi connectivity index (χ1n) is 2.45. The minimum absolute atomic E-state index is 0.294. The van der Waals surface area contributed by atoms with Crippen LogP contribution in [0.3, 0.4) is 0 Å². The first kappa shape index (κ1) is 8.56. The van der Waals surface area contributed by atoms with Crippen LogP contribution in [0.2, 0.25) is 0 Å². The summed E-state index contributed by atoms with van der Waals surface area (Å²) >= 11 is 10.1. The van der Waals surface area contributed by atoms with Crippen molar-refractivity contribution in [2.45, 2.75) is 4.90 Å². The second-order valence-electron chi connectivity index (χ2n) is 1.72. The molecule has 0 aliphatic heterocycles. The zero-order chi connectivity index (χ0) is 7.72.